The maximum Gasteiger partial charge on any atom is 0.119 e. The van der Waals surface area contributed by atoms with Crippen LogP contribution >= 0.6 is 0 Å². The van der Waals surface area contributed by atoms with E-state index in [0.717, 1.165) is 18.8 Å². The van der Waals surface area contributed by atoms with Gasteiger partial charge < -0.3 is 9.64 Å². The molecule has 0 bridgehead atoms. The fourth-order valence-corrected chi connectivity index (χ4v) is 2.95. The van der Waals surface area contributed by atoms with E-state index in [2.05, 4.69) is 50.1 Å². The first kappa shape index (κ1) is 15.4. The maximum atomic E-state index is 5.90. The van der Waals surface area contributed by atoms with Gasteiger partial charge in [-0.05, 0) is 62.9 Å². The number of ether oxygens (including phenoxy) is 1. The Morgan fingerprint density at radius 2 is 2.00 bits per heavy atom. The molecule has 1 aliphatic rings. The van der Waals surface area contributed by atoms with E-state index in [4.69, 9.17) is 4.74 Å². The van der Waals surface area contributed by atoms with Crippen LogP contribution in [0.2, 0.25) is 0 Å². The van der Waals surface area contributed by atoms with Crippen molar-refractivity contribution in [2.45, 2.75) is 57.9 Å². The van der Waals surface area contributed by atoms with E-state index in [1.54, 1.807) is 0 Å². The molecular formula is C18H29NO. The number of benzene rings is 1. The Kier molecular flexibility index (Phi) is 5.90. The Bertz CT molecular complexity index is 387. The monoisotopic (exact) mass is 275 g/mol. The van der Waals surface area contributed by atoms with E-state index in [9.17, 15) is 0 Å². The minimum absolute atomic E-state index is 0.639. The van der Waals surface area contributed by atoms with Crippen molar-refractivity contribution in [3.05, 3.63) is 29.8 Å². The highest BCUT2D eigenvalue weighted by Crippen LogP contribution is 2.22. The lowest BCUT2D eigenvalue weighted by molar-refractivity contribution is 0.153. The molecule has 1 aliphatic heterocycles. The summed E-state index contributed by atoms with van der Waals surface area (Å²) in [5.41, 5.74) is 1.41. The molecule has 2 heteroatoms. The van der Waals surface area contributed by atoms with E-state index < -0.39 is 0 Å². The van der Waals surface area contributed by atoms with Gasteiger partial charge in [-0.25, -0.2) is 0 Å². The quantitative estimate of drug-likeness (QED) is 0.760. The van der Waals surface area contributed by atoms with E-state index in [0.29, 0.717) is 12.0 Å². The van der Waals surface area contributed by atoms with Gasteiger partial charge in [0.2, 0.25) is 0 Å². The highest BCUT2D eigenvalue weighted by atomic mass is 16.5. The Morgan fingerprint density at radius 1 is 1.25 bits per heavy atom. The molecule has 1 aromatic carbocycles. The second-order valence-electron chi connectivity index (χ2n) is 6.15. The predicted octanol–water partition coefficient (Wildman–Crippen LogP) is 4.45. The van der Waals surface area contributed by atoms with E-state index in [-0.39, 0.29) is 0 Å². The van der Waals surface area contributed by atoms with Gasteiger partial charge in [0.05, 0.1) is 6.61 Å². The van der Waals surface area contributed by atoms with Crippen molar-refractivity contribution >= 4 is 0 Å². The van der Waals surface area contributed by atoms with Gasteiger partial charge in [0.1, 0.15) is 5.75 Å². The molecule has 0 amide bonds. The molecule has 0 saturated carbocycles. The maximum absolute atomic E-state index is 5.90. The molecule has 20 heavy (non-hydrogen) atoms. The topological polar surface area (TPSA) is 12.5 Å². The molecule has 112 valence electrons. The molecule has 2 nitrogen and oxygen atoms in total. The highest BCUT2D eigenvalue weighted by Gasteiger charge is 2.18. The van der Waals surface area contributed by atoms with Crippen molar-refractivity contribution in [2.75, 3.05) is 20.2 Å². The van der Waals surface area contributed by atoms with Crippen molar-refractivity contribution in [1.82, 2.24) is 4.90 Å². The Balaban J connectivity index is 1.76. The number of hydrogen-bond acceptors (Lipinski definition) is 2. The highest BCUT2D eigenvalue weighted by molar-refractivity contribution is 5.29. The molecule has 0 aliphatic carbocycles. The van der Waals surface area contributed by atoms with Crippen LogP contribution in [0.5, 0.6) is 5.75 Å². The van der Waals surface area contributed by atoms with Gasteiger partial charge in [-0.15, -0.1) is 0 Å². The number of piperidine rings is 1. The largest absolute Gasteiger partial charge is 0.494 e. The molecule has 1 fully saturated rings. The zero-order chi connectivity index (χ0) is 14.4. The van der Waals surface area contributed by atoms with Crippen LogP contribution in [0.1, 0.15) is 57.4 Å². The summed E-state index contributed by atoms with van der Waals surface area (Å²) in [7, 11) is 2.24. The van der Waals surface area contributed by atoms with Gasteiger partial charge >= 0.3 is 0 Å². The molecule has 1 aromatic rings. The smallest absolute Gasteiger partial charge is 0.119 e. The van der Waals surface area contributed by atoms with Crippen LogP contribution in [-0.4, -0.2) is 31.1 Å². The second-order valence-corrected chi connectivity index (χ2v) is 6.15. The minimum atomic E-state index is 0.639. The van der Waals surface area contributed by atoms with Crippen molar-refractivity contribution < 1.29 is 4.74 Å². The Labute approximate surface area is 124 Å². The summed E-state index contributed by atoms with van der Waals surface area (Å²) in [6, 6.07) is 9.35. The molecule has 1 saturated heterocycles. The predicted molar refractivity (Wildman–Crippen MR) is 85.5 cm³/mol. The Morgan fingerprint density at radius 3 is 2.65 bits per heavy atom. The van der Waals surface area contributed by atoms with E-state index >= 15 is 0 Å². The number of rotatable bonds is 6. The lowest BCUT2D eigenvalue weighted by Gasteiger charge is -2.32. The van der Waals surface area contributed by atoms with Gasteiger partial charge in [-0.3, -0.25) is 0 Å². The van der Waals surface area contributed by atoms with Gasteiger partial charge in [0.15, 0.2) is 0 Å². The van der Waals surface area contributed by atoms with Crippen LogP contribution in [0.25, 0.3) is 0 Å². The normalized spacial score (nSPS) is 21.6. The van der Waals surface area contributed by atoms with Crippen molar-refractivity contribution in [3.8, 4) is 5.75 Å². The van der Waals surface area contributed by atoms with Gasteiger partial charge in [0.25, 0.3) is 0 Å². The molecule has 0 N–H and O–H groups in total. The molecule has 1 heterocycles. The van der Waals surface area contributed by atoms with Crippen molar-refractivity contribution in [1.29, 1.82) is 0 Å². The van der Waals surface area contributed by atoms with Crippen LogP contribution in [0.4, 0.5) is 0 Å². The van der Waals surface area contributed by atoms with Crippen molar-refractivity contribution in [2.24, 2.45) is 0 Å². The van der Waals surface area contributed by atoms with Crippen LogP contribution in [0.15, 0.2) is 24.3 Å². The lowest BCUT2D eigenvalue weighted by Crippen LogP contribution is -2.37. The van der Waals surface area contributed by atoms with Gasteiger partial charge in [0, 0.05) is 6.04 Å². The molecule has 2 atom stereocenters. The molecule has 2 rings (SSSR count). The average Bonchev–Trinajstić information content (AvgIpc) is 2.49. The molecule has 0 spiro atoms. The average molecular weight is 275 g/mol. The Hall–Kier alpha value is -1.02. The molecule has 0 aromatic heterocycles. The first-order valence-electron chi connectivity index (χ1n) is 8.13. The van der Waals surface area contributed by atoms with Gasteiger partial charge in [-0.2, -0.15) is 0 Å². The summed E-state index contributed by atoms with van der Waals surface area (Å²) < 4.78 is 5.90. The lowest BCUT2D eigenvalue weighted by atomic mass is 9.99. The third-order valence-corrected chi connectivity index (χ3v) is 4.70. The zero-order valence-electron chi connectivity index (χ0n) is 13.3. The third kappa shape index (κ3) is 4.24. The number of nitrogens with zero attached hydrogens (tertiary/aromatic N) is 1. The molecular weight excluding hydrogens is 246 g/mol. The van der Waals surface area contributed by atoms with Crippen LogP contribution < -0.4 is 4.74 Å². The SMILES string of the molecule is CCC(C)c1ccc(OCCC2CCCCN2C)cc1. The second kappa shape index (κ2) is 7.68. The van der Waals surface area contributed by atoms with Crippen LogP contribution in [-0.2, 0) is 0 Å². The summed E-state index contributed by atoms with van der Waals surface area (Å²) in [5.74, 6) is 1.65. The molecule has 2 unspecified atom stereocenters. The minimum Gasteiger partial charge on any atom is -0.494 e. The first-order chi connectivity index (χ1) is 9.70. The fourth-order valence-electron chi connectivity index (χ4n) is 2.95. The van der Waals surface area contributed by atoms with E-state index in [1.807, 2.05) is 0 Å². The summed E-state index contributed by atoms with van der Waals surface area (Å²) in [6.45, 7) is 6.58. The van der Waals surface area contributed by atoms with Gasteiger partial charge in [-0.1, -0.05) is 32.4 Å². The van der Waals surface area contributed by atoms with E-state index in [1.165, 1.54) is 37.8 Å². The third-order valence-electron chi connectivity index (χ3n) is 4.70. The molecule has 0 radical (unpaired) electrons. The summed E-state index contributed by atoms with van der Waals surface area (Å²) in [4.78, 5) is 2.49. The fraction of sp³-hybridized carbons (Fsp3) is 0.667. The summed E-state index contributed by atoms with van der Waals surface area (Å²) >= 11 is 0. The summed E-state index contributed by atoms with van der Waals surface area (Å²) in [6.07, 6.45) is 6.38. The number of likely N-dealkylation sites (tertiary alicyclic amines) is 1. The zero-order valence-corrected chi connectivity index (χ0v) is 13.3. The van der Waals surface area contributed by atoms with Crippen LogP contribution in [0.3, 0.4) is 0 Å². The van der Waals surface area contributed by atoms with Crippen LogP contribution in [0, 0.1) is 0 Å². The first-order valence-corrected chi connectivity index (χ1v) is 8.13. The standard InChI is InChI=1S/C18H29NO/c1-4-15(2)16-8-10-18(11-9-16)20-14-12-17-7-5-6-13-19(17)3/h8-11,15,17H,4-7,12-14H2,1-3H3. The number of hydrogen-bond donors (Lipinski definition) is 0. The summed E-state index contributed by atoms with van der Waals surface area (Å²) in [5, 5.41) is 0. The van der Waals surface area contributed by atoms with Crippen molar-refractivity contribution in [3.63, 3.8) is 0 Å².